The molecule has 3 rings (SSSR count). The first-order valence-corrected chi connectivity index (χ1v) is 7.07. The number of aliphatic hydroxyl groups is 1. The monoisotopic (exact) mass is 290 g/mol. The fourth-order valence-electron chi connectivity index (χ4n) is 3.25. The van der Waals surface area contributed by atoms with Crippen molar-refractivity contribution in [1.29, 1.82) is 0 Å². The number of benzene rings is 1. The van der Waals surface area contributed by atoms with Crippen molar-refractivity contribution >= 4 is 17.7 Å². The number of carboxylic acids is 1. The molecule has 0 aliphatic carbocycles. The normalized spacial score (nSPS) is 27.8. The number of carbonyl (C=O) groups excluding carboxylic acids is 1. The van der Waals surface area contributed by atoms with Crippen LogP contribution in [0.4, 0.5) is 10.5 Å². The average Bonchev–Trinajstić information content (AvgIpc) is 2.97. The Morgan fingerprint density at radius 3 is 2.71 bits per heavy atom. The van der Waals surface area contributed by atoms with Gasteiger partial charge in [-0.3, -0.25) is 4.90 Å². The first kappa shape index (κ1) is 13.9. The molecule has 0 spiro atoms. The summed E-state index contributed by atoms with van der Waals surface area (Å²) in [5.74, 6) is -1.07. The summed E-state index contributed by atoms with van der Waals surface area (Å²) in [5, 5.41) is 18.9. The number of nitrogens with zero attached hydrogens (tertiary/aromatic N) is 2. The van der Waals surface area contributed by atoms with Crippen molar-refractivity contribution in [2.45, 2.75) is 38.0 Å². The molecule has 1 saturated heterocycles. The van der Waals surface area contributed by atoms with Crippen LogP contribution in [0.3, 0.4) is 0 Å². The molecule has 2 amide bonds. The zero-order valence-electron chi connectivity index (χ0n) is 11.8. The lowest BCUT2D eigenvalue weighted by molar-refractivity contribution is -0.141. The number of anilines is 1. The summed E-state index contributed by atoms with van der Waals surface area (Å²) in [5.41, 5.74) is 1.92. The summed E-state index contributed by atoms with van der Waals surface area (Å²) in [4.78, 5) is 27.0. The van der Waals surface area contributed by atoms with Crippen molar-refractivity contribution in [1.82, 2.24) is 4.90 Å². The number of likely N-dealkylation sites (tertiary alicyclic amines) is 1. The van der Waals surface area contributed by atoms with Gasteiger partial charge < -0.3 is 15.1 Å². The van der Waals surface area contributed by atoms with Gasteiger partial charge in [0.2, 0.25) is 0 Å². The van der Waals surface area contributed by atoms with E-state index in [1.54, 1.807) is 4.90 Å². The second-order valence-electron chi connectivity index (χ2n) is 5.73. The number of carbonyl (C=O) groups is 2. The van der Waals surface area contributed by atoms with Gasteiger partial charge in [0.05, 0.1) is 6.10 Å². The predicted molar refractivity (Wildman–Crippen MR) is 76.2 cm³/mol. The number of β-amino-alcohol motifs (C(OH)–C–C–N with tert-alkyl or cyclic N) is 1. The molecule has 1 fully saturated rings. The maximum absolute atomic E-state index is 12.8. The molecule has 21 heavy (non-hydrogen) atoms. The fourth-order valence-corrected chi connectivity index (χ4v) is 3.25. The van der Waals surface area contributed by atoms with Gasteiger partial charge in [0.25, 0.3) is 0 Å². The van der Waals surface area contributed by atoms with Crippen molar-refractivity contribution in [2.75, 3.05) is 11.4 Å². The first-order valence-electron chi connectivity index (χ1n) is 7.07. The second-order valence-corrected chi connectivity index (χ2v) is 5.73. The predicted octanol–water partition coefficient (Wildman–Crippen LogP) is 1.08. The van der Waals surface area contributed by atoms with Gasteiger partial charge in [-0.25, -0.2) is 9.59 Å². The summed E-state index contributed by atoms with van der Waals surface area (Å²) in [6, 6.07) is 6.35. The first-order chi connectivity index (χ1) is 9.99. The minimum absolute atomic E-state index is 0.0120. The zero-order valence-corrected chi connectivity index (χ0v) is 11.8. The molecule has 0 aromatic heterocycles. The number of aliphatic hydroxyl groups excluding tert-OH is 1. The Labute approximate surface area is 122 Å². The number of para-hydroxylation sites is 1. The van der Waals surface area contributed by atoms with E-state index in [1.807, 2.05) is 31.2 Å². The maximum atomic E-state index is 12.8. The molecule has 6 nitrogen and oxygen atoms in total. The Morgan fingerprint density at radius 1 is 1.29 bits per heavy atom. The molecule has 1 aromatic carbocycles. The zero-order chi connectivity index (χ0) is 15.1. The van der Waals surface area contributed by atoms with E-state index in [2.05, 4.69) is 0 Å². The van der Waals surface area contributed by atoms with Gasteiger partial charge in [0, 0.05) is 24.7 Å². The number of hydrogen-bond acceptors (Lipinski definition) is 3. The Hall–Kier alpha value is -2.08. The molecule has 0 radical (unpaired) electrons. The number of fused-ring (bicyclic) bond motifs is 1. The van der Waals surface area contributed by atoms with Crippen molar-refractivity contribution in [3.8, 4) is 0 Å². The van der Waals surface area contributed by atoms with E-state index in [-0.39, 0.29) is 25.0 Å². The molecular weight excluding hydrogens is 272 g/mol. The van der Waals surface area contributed by atoms with Crippen LogP contribution in [-0.2, 0) is 11.2 Å². The molecule has 1 aromatic rings. The smallest absolute Gasteiger partial charge is 0.326 e. The lowest BCUT2D eigenvalue weighted by Crippen LogP contribution is -2.50. The molecule has 2 aliphatic rings. The Balaban J connectivity index is 1.90. The molecule has 3 atom stereocenters. The fraction of sp³-hybridized carbons (Fsp3) is 0.467. The Bertz CT molecular complexity index is 589. The van der Waals surface area contributed by atoms with Gasteiger partial charge in [0.15, 0.2) is 0 Å². The lowest BCUT2D eigenvalue weighted by Gasteiger charge is -2.30. The summed E-state index contributed by atoms with van der Waals surface area (Å²) >= 11 is 0. The van der Waals surface area contributed by atoms with Crippen molar-refractivity contribution < 1.29 is 19.8 Å². The van der Waals surface area contributed by atoms with E-state index in [1.165, 1.54) is 4.90 Å². The lowest BCUT2D eigenvalue weighted by atomic mass is 10.1. The quantitative estimate of drug-likeness (QED) is 0.811. The van der Waals surface area contributed by atoms with E-state index in [9.17, 15) is 19.8 Å². The summed E-state index contributed by atoms with van der Waals surface area (Å²) < 4.78 is 0. The number of urea groups is 1. The highest BCUT2D eigenvalue weighted by molar-refractivity contribution is 5.97. The van der Waals surface area contributed by atoms with E-state index in [0.717, 1.165) is 17.7 Å². The van der Waals surface area contributed by atoms with Crippen LogP contribution in [0.15, 0.2) is 24.3 Å². The van der Waals surface area contributed by atoms with Crippen LogP contribution in [0.1, 0.15) is 18.9 Å². The highest BCUT2D eigenvalue weighted by atomic mass is 16.4. The van der Waals surface area contributed by atoms with Gasteiger partial charge in [-0.2, -0.15) is 0 Å². The van der Waals surface area contributed by atoms with Crippen molar-refractivity contribution in [3.63, 3.8) is 0 Å². The molecule has 0 saturated carbocycles. The van der Waals surface area contributed by atoms with E-state index in [0.29, 0.717) is 0 Å². The maximum Gasteiger partial charge on any atom is 0.326 e. The van der Waals surface area contributed by atoms with Gasteiger partial charge in [-0.1, -0.05) is 18.2 Å². The second kappa shape index (κ2) is 5.04. The third-order valence-corrected chi connectivity index (χ3v) is 4.22. The number of rotatable bonds is 1. The van der Waals surface area contributed by atoms with Crippen molar-refractivity contribution in [3.05, 3.63) is 29.8 Å². The van der Waals surface area contributed by atoms with Gasteiger partial charge in [-0.15, -0.1) is 0 Å². The minimum Gasteiger partial charge on any atom is -0.480 e. The third-order valence-electron chi connectivity index (χ3n) is 4.22. The van der Waals surface area contributed by atoms with Crippen LogP contribution in [0.25, 0.3) is 0 Å². The van der Waals surface area contributed by atoms with Gasteiger partial charge in [0.1, 0.15) is 6.04 Å². The summed E-state index contributed by atoms with van der Waals surface area (Å²) in [7, 11) is 0. The summed E-state index contributed by atoms with van der Waals surface area (Å²) in [6.07, 6.45) is 0.0734. The number of aliphatic carboxylic acids is 1. The van der Waals surface area contributed by atoms with Gasteiger partial charge in [-0.05, 0) is 25.0 Å². The van der Waals surface area contributed by atoms with Gasteiger partial charge >= 0.3 is 12.0 Å². The largest absolute Gasteiger partial charge is 0.480 e. The molecule has 2 aliphatic heterocycles. The summed E-state index contributed by atoms with van der Waals surface area (Å²) in [6.45, 7) is 2.02. The topological polar surface area (TPSA) is 81.1 Å². The Kier molecular flexibility index (Phi) is 3.33. The molecule has 1 unspecified atom stereocenters. The van der Waals surface area contributed by atoms with Crippen LogP contribution >= 0.6 is 0 Å². The number of amides is 2. The van der Waals surface area contributed by atoms with Crippen LogP contribution in [0, 0.1) is 0 Å². The highest BCUT2D eigenvalue weighted by Gasteiger charge is 2.43. The number of carboxylic acid groups (broad SMARTS) is 1. The van der Waals surface area contributed by atoms with E-state index < -0.39 is 18.1 Å². The average molecular weight is 290 g/mol. The third kappa shape index (κ3) is 2.25. The van der Waals surface area contributed by atoms with E-state index >= 15 is 0 Å². The van der Waals surface area contributed by atoms with E-state index in [4.69, 9.17) is 0 Å². The highest BCUT2D eigenvalue weighted by Crippen LogP contribution is 2.34. The molecule has 112 valence electrons. The molecular formula is C15H18N2O4. The minimum atomic E-state index is -1.07. The van der Waals surface area contributed by atoms with Crippen LogP contribution in [0.2, 0.25) is 0 Å². The molecule has 0 bridgehead atoms. The van der Waals surface area contributed by atoms with Crippen molar-refractivity contribution in [2.24, 2.45) is 0 Å². The molecule has 2 heterocycles. The standard InChI is InChI=1S/C15H18N2O4/c1-9-6-10-4-2-3-5-12(10)17(9)15(21)16-8-11(18)7-13(16)14(19)20/h2-5,9,11,13,18H,6-8H2,1H3,(H,19,20)/t9?,11-,13-/m0/s1. The molecule has 6 heteroatoms. The Morgan fingerprint density at radius 2 is 2.00 bits per heavy atom. The number of hydrogen-bond donors (Lipinski definition) is 2. The van der Waals surface area contributed by atoms with Crippen LogP contribution in [-0.4, -0.2) is 51.8 Å². The van der Waals surface area contributed by atoms with Crippen LogP contribution in [0.5, 0.6) is 0 Å². The molecule has 2 N–H and O–H groups in total. The SMILES string of the molecule is CC1Cc2ccccc2N1C(=O)N1C[C@@H](O)C[C@H]1C(=O)O. The van der Waals surface area contributed by atoms with Crippen LogP contribution < -0.4 is 4.90 Å².